The van der Waals surface area contributed by atoms with Crippen molar-refractivity contribution in [3.8, 4) is 5.75 Å². The average molecular weight is 264 g/mol. The molecule has 0 aliphatic carbocycles. The molecule has 4 heteroatoms. The largest absolute Gasteiger partial charge is 0.496 e. The van der Waals surface area contributed by atoms with Gasteiger partial charge < -0.3 is 15.2 Å². The standard InChI is InChI=1S/C15H24N2O2/c1-11-8-17(10-15(2,3)19-11)9-12-7-13(16)5-6-14(12)18-4/h5-7,11H,8-10,16H2,1-4H3. The molecular weight excluding hydrogens is 240 g/mol. The monoisotopic (exact) mass is 264 g/mol. The van der Waals surface area contributed by atoms with E-state index in [2.05, 4.69) is 25.7 Å². The molecule has 1 aromatic carbocycles. The number of nitrogens with two attached hydrogens (primary N) is 1. The van der Waals surface area contributed by atoms with Crippen LogP contribution in [0.2, 0.25) is 0 Å². The Morgan fingerprint density at radius 1 is 1.47 bits per heavy atom. The van der Waals surface area contributed by atoms with E-state index in [9.17, 15) is 0 Å². The highest BCUT2D eigenvalue weighted by Crippen LogP contribution is 2.26. The molecule has 1 aromatic rings. The Labute approximate surface area is 115 Å². The fraction of sp³-hybridized carbons (Fsp3) is 0.600. The molecule has 1 aliphatic heterocycles. The highest BCUT2D eigenvalue weighted by atomic mass is 16.5. The van der Waals surface area contributed by atoms with Crippen LogP contribution in [-0.2, 0) is 11.3 Å². The Kier molecular flexibility index (Phi) is 4.02. The molecule has 0 bridgehead atoms. The van der Waals surface area contributed by atoms with Gasteiger partial charge in [-0.25, -0.2) is 0 Å². The third-order valence-corrected chi connectivity index (χ3v) is 3.34. The Morgan fingerprint density at radius 3 is 2.84 bits per heavy atom. The fourth-order valence-corrected chi connectivity index (χ4v) is 2.87. The van der Waals surface area contributed by atoms with Crippen molar-refractivity contribution >= 4 is 5.69 Å². The topological polar surface area (TPSA) is 47.7 Å². The summed E-state index contributed by atoms with van der Waals surface area (Å²) >= 11 is 0. The Morgan fingerprint density at radius 2 is 2.21 bits per heavy atom. The predicted molar refractivity (Wildman–Crippen MR) is 77.3 cm³/mol. The third-order valence-electron chi connectivity index (χ3n) is 3.34. The van der Waals surface area contributed by atoms with Crippen molar-refractivity contribution in [2.45, 2.75) is 39.0 Å². The molecule has 0 saturated carbocycles. The van der Waals surface area contributed by atoms with E-state index in [1.54, 1.807) is 7.11 Å². The summed E-state index contributed by atoms with van der Waals surface area (Å²) in [5.74, 6) is 0.895. The Balaban J connectivity index is 2.14. The predicted octanol–water partition coefficient (Wildman–Crippen LogP) is 2.28. The van der Waals surface area contributed by atoms with Gasteiger partial charge in [0.25, 0.3) is 0 Å². The van der Waals surface area contributed by atoms with Crippen LogP contribution in [-0.4, -0.2) is 36.8 Å². The fourth-order valence-electron chi connectivity index (χ4n) is 2.87. The van der Waals surface area contributed by atoms with E-state index in [-0.39, 0.29) is 11.7 Å². The number of benzene rings is 1. The molecule has 0 radical (unpaired) electrons. The van der Waals surface area contributed by atoms with E-state index in [1.807, 2.05) is 18.2 Å². The normalized spacial score (nSPS) is 23.3. The molecule has 0 amide bonds. The molecule has 1 saturated heterocycles. The van der Waals surface area contributed by atoms with Crippen LogP contribution >= 0.6 is 0 Å². The number of methoxy groups -OCH3 is 1. The molecule has 2 rings (SSSR count). The number of hydrogen-bond acceptors (Lipinski definition) is 4. The molecule has 2 N–H and O–H groups in total. The smallest absolute Gasteiger partial charge is 0.123 e. The second-order valence-corrected chi connectivity index (χ2v) is 5.93. The molecule has 106 valence electrons. The van der Waals surface area contributed by atoms with E-state index < -0.39 is 0 Å². The minimum Gasteiger partial charge on any atom is -0.496 e. The van der Waals surface area contributed by atoms with Gasteiger partial charge in [0, 0.05) is 30.9 Å². The summed E-state index contributed by atoms with van der Waals surface area (Å²) < 4.78 is 11.3. The van der Waals surface area contributed by atoms with Gasteiger partial charge in [-0.1, -0.05) is 0 Å². The number of ether oxygens (including phenoxy) is 2. The van der Waals surface area contributed by atoms with Gasteiger partial charge in [0.2, 0.25) is 0 Å². The Bertz CT molecular complexity index is 446. The number of anilines is 1. The molecule has 0 spiro atoms. The number of rotatable bonds is 3. The van der Waals surface area contributed by atoms with E-state index in [4.69, 9.17) is 15.2 Å². The molecule has 19 heavy (non-hydrogen) atoms. The number of morpholine rings is 1. The Hall–Kier alpha value is -1.26. The van der Waals surface area contributed by atoms with Gasteiger partial charge in [-0.3, -0.25) is 4.90 Å². The summed E-state index contributed by atoms with van der Waals surface area (Å²) in [7, 11) is 1.70. The van der Waals surface area contributed by atoms with E-state index >= 15 is 0 Å². The molecule has 1 fully saturated rings. The maximum Gasteiger partial charge on any atom is 0.123 e. The van der Waals surface area contributed by atoms with Gasteiger partial charge in [-0.05, 0) is 39.0 Å². The number of nitrogen functional groups attached to an aromatic ring is 1. The first-order chi connectivity index (χ1) is 8.89. The molecule has 1 atom stereocenters. The van der Waals surface area contributed by atoms with E-state index in [0.717, 1.165) is 36.6 Å². The molecule has 0 aromatic heterocycles. The van der Waals surface area contributed by atoms with Gasteiger partial charge in [0.1, 0.15) is 5.75 Å². The lowest BCUT2D eigenvalue weighted by molar-refractivity contribution is -0.130. The summed E-state index contributed by atoms with van der Waals surface area (Å²) in [6, 6.07) is 5.79. The van der Waals surface area contributed by atoms with Crippen LogP contribution in [0.4, 0.5) is 5.69 Å². The van der Waals surface area contributed by atoms with Gasteiger partial charge >= 0.3 is 0 Å². The first kappa shape index (κ1) is 14.2. The van der Waals surface area contributed by atoms with Crippen molar-refractivity contribution in [3.05, 3.63) is 23.8 Å². The maximum atomic E-state index is 5.92. The molecule has 1 heterocycles. The lowest BCUT2D eigenvalue weighted by Crippen LogP contribution is -2.51. The van der Waals surface area contributed by atoms with Crippen molar-refractivity contribution in [1.82, 2.24) is 4.90 Å². The molecule has 1 unspecified atom stereocenters. The summed E-state index contributed by atoms with van der Waals surface area (Å²) in [4.78, 5) is 2.39. The minimum absolute atomic E-state index is 0.106. The van der Waals surface area contributed by atoms with Gasteiger partial charge in [0.05, 0.1) is 18.8 Å². The second kappa shape index (κ2) is 5.39. The van der Waals surface area contributed by atoms with Gasteiger partial charge in [0.15, 0.2) is 0 Å². The van der Waals surface area contributed by atoms with Gasteiger partial charge in [-0.15, -0.1) is 0 Å². The van der Waals surface area contributed by atoms with Crippen molar-refractivity contribution in [2.24, 2.45) is 0 Å². The van der Waals surface area contributed by atoms with E-state index in [0.29, 0.717) is 0 Å². The molecule has 4 nitrogen and oxygen atoms in total. The van der Waals surface area contributed by atoms with Crippen LogP contribution in [0.3, 0.4) is 0 Å². The van der Waals surface area contributed by atoms with Crippen molar-refractivity contribution in [3.63, 3.8) is 0 Å². The average Bonchev–Trinajstić information content (AvgIpc) is 2.26. The zero-order chi connectivity index (χ0) is 14.0. The SMILES string of the molecule is COc1ccc(N)cc1CN1CC(C)OC(C)(C)C1. The first-order valence-electron chi connectivity index (χ1n) is 6.72. The summed E-state index contributed by atoms with van der Waals surface area (Å²) in [6.07, 6.45) is 0.246. The van der Waals surface area contributed by atoms with Crippen LogP contribution in [0.15, 0.2) is 18.2 Å². The van der Waals surface area contributed by atoms with Crippen molar-refractivity contribution in [2.75, 3.05) is 25.9 Å². The van der Waals surface area contributed by atoms with Crippen molar-refractivity contribution in [1.29, 1.82) is 0 Å². The molecule has 1 aliphatic rings. The quantitative estimate of drug-likeness (QED) is 0.851. The summed E-state index contributed by atoms with van der Waals surface area (Å²) in [6.45, 7) is 9.06. The number of hydrogen-bond donors (Lipinski definition) is 1. The third kappa shape index (κ3) is 3.61. The van der Waals surface area contributed by atoms with Crippen LogP contribution in [0, 0.1) is 0 Å². The van der Waals surface area contributed by atoms with E-state index in [1.165, 1.54) is 0 Å². The zero-order valence-corrected chi connectivity index (χ0v) is 12.3. The van der Waals surface area contributed by atoms with Gasteiger partial charge in [-0.2, -0.15) is 0 Å². The lowest BCUT2D eigenvalue weighted by atomic mass is 10.0. The zero-order valence-electron chi connectivity index (χ0n) is 12.3. The summed E-state index contributed by atoms with van der Waals surface area (Å²) in [5.41, 5.74) is 7.67. The van der Waals surface area contributed by atoms with Crippen LogP contribution in [0.1, 0.15) is 26.3 Å². The number of nitrogens with zero attached hydrogens (tertiary/aromatic N) is 1. The highest BCUT2D eigenvalue weighted by molar-refractivity contribution is 5.47. The van der Waals surface area contributed by atoms with Crippen LogP contribution in [0.25, 0.3) is 0 Å². The highest BCUT2D eigenvalue weighted by Gasteiger charge is 2.31. The van der Waals surface area contributed by atoms with Crippen molar-refractivity contribution < 1.29 is 9.47 Å². The molecular formula is C15H24N2O2. The van der Waals surface area contributed by atoms with Crippen LogP contribution in [0.5, 0.6) is 5.75 Å². The first-order valence-corrected chi connectivity index (χ1v) is 6.72. The lowest BCUT2D eigenvalue weighted by Gasteiger charge is -2.41. The maximum absolute atomic E-state index is 5.92. The van der Waals surface area contributed by atoms with Crippen LogP contribution < -0.4 is 10.5 Å². The summed E-state index contributed by atoms with van der Waals surface area (Å²) in [5, 5.41) is 0. The second-order valence-electron chi connectivity index (χ2n) is 5.93. The minimum atomic E-state index is -0.106.